The van der Waals surface area contributed by atoms with Gasteiger partial charge >= 0.3 is 0 Å². The molecule has 0 saturated carbocycles. The molecule has 0 spiro atoms. The quantitative estimate of drug-likeness (QED) is 0.876. The van der Waals surface area contributed by atoms with E-state index in [4.69, 9.17) is 11.6 Å². The van der Waals surface area contributed by atoms with Gasteiger partial charge < -0.3 is 4.98 Å². The number of allylic oxidation sites excluding steroid dienone is 1. The van der Waals surface area contributed by atoms with Crippen LogP contribution in [0.25, 0.3) is 12.2 Å². The third-order valence-corrected chi connectivity index (χ3v) is 3.37. The molecule has 0 bridgehead atoms. The highest BCUT2D eigenvalue weighted by Gasteiger charge is 2.06. The average Bonchev–Trinajstić information content (AvgIpc) is 2.90. The summed E-state index contributed by atoms with van der Waals surface area (Å²) in [6, 6.07) is 8.14. The lowest BCUT2D eigenvalue weighted by molar-refractivity contribution is 1.14. The Labute approximate surface area is 126 Å². The molecule has 1 aromatic carbocycles. The largest absolute Gasteiger partial charge is 0.362 e. The van der Waals surface area contributed by atoms with Gasteiger partial charge in [0.05, 0.1) is 0 Å². The number of halogens is 1. The van der Waals surface area contributed by atoms with Crippen LogP contribution in [-0.2, 0) is 6.42 Å². The number of H-pyrrole nitrogens is 1. The second-order valence-electron chi connectivity index (χ2n) is 4.16. The van der Waals surface area contributed by atoms with E-state index in [0.717, 1.165) is 33.1 Å². The molecule has 0 amide bonds. The van der Waals surface area contributed by atoms with Crippen LogP contribution in [0.1, 0.15) is 31.9 Å². The summed E-state index contributed by atoms with van der Waals surface area (Å²) < 4.78 is 0. The number of benzene rings is 1. The van der Waals surface area contributed by atoms with Gasteiger partial charge in [0.1, 0.15) is 0 Å². The van der Waals surface area contributed by atoms with Gasteiger partial charge in [-0.25, -0.2) is 0 Å². The van der Waals surface area contributed by atoms with Gasteiger partial charge in [0.25, 0.3) is 0 Å². The molecule has 2 heteroatoms. The van der Waals surface area contributed by atoms with E-state index in [1.807, 2.05) is 44.3 Å². The van der Waals surface area contributed by atoms with Crippen LogP contribution in [0, 0.1) is 0 Å². The van der Waals surface area contributed by atoms with Gasteiger partial charge in [-0.05, 0) is 29.7 Å². The molecule has 1 N–H and O–H groups in total. The first-order valence-electron chi connectivity index (χ1n) is 6.95. The zero-order chi connectivity index (χ0) is 15.1. The first-order chi connectivity index (χ1) is 9.67. The molecule has 0 radical (unpaired) electrons. The third kappa shape index (κ3) is 3.43. The fraction of sp³-hybridized carbons (Fsp3) is 0.222. The topological polar surface area (TPSA) is 15.8 Å². The van der Waals surface area contributed by atoms with Gasteiger partial charge in [0.2, 0.25) is 0 Å². The minimum Gasteiger partial charge on any atom is -0.362 e. The molecule has 0 saturated heterocycles. The van der Waals surface area contributed by atoms with Crippen LogP contribution in [0.4, 0.5) is 0 Å². The lowest BCUT2D eigenvalue weighted by atomic mass is 10.0. The van der Waals surface area contributed by atoms with Gasteiger partial charge in [0.15, 0.2) is 0 Å². The van der Waals surface area contributed by atoms with E-state index >= 15 is 0 Å². The Balaban J connectivity index is 0.000000956. The van der Waals surface area contributed by atoms with Crippen molar-refractivity contribution in [1.82, 2.24) is 4.98 Å². The molecular formula is C18H22ClN. The molecular weight excluding hydrogens is 266 g/mol. The molecule has 0 aliphatic heterocycles. The van der Waals surface area contributed by atoms with Crippen LogP contribution in [0.5, 0.6) is 0 Å². The predicted molar refractivity (Wildman–Crippen MR) is 90.4 cm³/mol. The van der Waals surface area contributed by atoms with Gasteiger partial charge in [0, 0.05) is 27.4 Å². The number of aromatic amines is 1. The van der Waals surface area contributed by atoms with Crippen molar-refractivity contribution >= 4 is 23.8 Å². The molecule has 1 heterocycles. The van der Waals surface area contributed by atoms with E-state index in [1.54, 1.807) is 0 Å². The maximum absolute atomic E-state index is 6.35. The third-order valence-electron chi connectivity index (χ3n) is 3.06. The number of hydrogen-bond donors (Lipinski definition) is 1. The molecule has 106 valence electrons. The highest BCUT2D eigenvalue weighted by atomic mass is 35.5. The Bertz CT molecular complexity index is 680. The van der Waals surface area contributed by atoms with Crippen molar-refractivity contribution in [2.45, 2.75) is 27.2 Å². The monoisotopic (exact) mass is 287 g/mol. The second-order valence-corrected chi connectivity index (χ2v) is 4.56. The van der Waals surface area contributed by atoms with E-state index in [9.17, 15) is 0 Å². The van der Waals surface area contributed by atoms with Crippen LogP contribution >= 0.6 is 11.6 Å². The van der Waals surface area contributed by atoms with E-state index in [-0.39, 0.29) is 0 Å². The summed E-state index contributed by atoms with van der Waals surface area (Å²) >= 11 is 6.35. The Hall–Kier alpha value is -1.73. The van der Waals surface area contributed by atoms with Crippen LogP contribution in [0.2, 0.25) is 5.02 Å². The van der Waals surface area contributed by atoms with Crippen LogP contribution in [0.15, 0.2) is 43.1 Å². The minimum atomic E-state index is 0.754. The van der Waals surface area contributed by atoms with Crippen LogP contribution < -0.4 is 10.6 Å². The summed E-state index contributed by atoms with van der Waals surface area (Å²) in [5.41, 5.74) is 3.23. The number of rotatable bonds is 3. The van der Waals surface area contributed by atoms with E-state index < -0.39 is 0 Å². The van der Waals surface area contributed by atoms with Crippen molar-refractivity contribution in [2.75, 3.05) is 0 Å². The minimum absolute atomic E-state index is 0.754. The summed E-state index contributed by atoms with van der Waals surface area (Å²) in [5.74, 6) is 0. The molecule has 2 rings (SSSR count). The summed E-state index contributed by atoms with van der Waals surface area (Å²) in [4.78, 5) is 3.07. The zero-order valence-electron chi connectivity index (χ0n) is 12.5. The standard InChI is InChI=1S/C16H16ClN.C2H6/c1-4-12-6-7-15(16(17)10-12)13(5-2)14-8-9-18-11(14)3;1-2/h5-10,18H,2-4H2,1H3;1-2H3/b14-13+;. The van der Waals surface area contributed by atoms with Crippen molar-refractivity contribution in [1.29, 1.82) is 0 Å². The number of aromatic nitrogens is 1. The maximum atomic E-state index is 6.35. The van der Waals surface area contributed by atoms with Crippen molar-refractivity contribution in [3.05, 3.63) is 69.8 Å². The molecule has 1 nitrogen and oxygen atoms in total. The molecule has 1 aromatic heterocycles. The van der Waals surface area contributed by atoms with E-state index in [2.05, 4.69) is 31.1 Å². The molecule has 2 aromatic rings. The Morgan fingerprint density at radius 3 is 2.45 bits per heavy atom. The normalized spacial score (nSPS) is 11.4. The van der Waals surface area contributed by atoms with E-state index in [1.165, 1.54) is 5.56 Å². The summed E-state index contributed by atoms with van der Waals surface area (Å²) in [7, 11) is 0. The highest BCUT2D eigenvalue weighted by Crippen LogP contribution is 2.24. The lowest BCUT2D eigenvalue weighted by Crippen LogP contribution is -2.23. The Kier molecular flexibility index (Phi) is 6.33. The van der Waals surface area contributed by atoms with Gasteiger partial charge in [-0.15, -0.1) is 0 Å². The fourth-order valence-corrected chi connectivity index (χ4v) is 2.32. The molecule has 0 atom stereocenters. The molecule has 0 unspecified atom stereocenters. The number of hydrogen-bond acceptors (Lipinski definition) is 0. The average molecular weight is 288 g/mol. The number of nitrogens with one attached hydrogen (secondary N) is 1. The van der Waals surface area contributed by atoms with Crippen molar-refractivity contribution in [3.63, 3.8) is 0 Å². The fourth-order valence-electron chi connectivity index (χ4n) is 2.02. The summed E-state index contributed by atoms with van der Waals surface area (Å²) in [5, 5.41) is 2.67. The maximum Gasteiger partial charge on any atom is 0.0487 e. The molecule has 0 aliphatic rings. The zero-order valence-corrected chi connectivity index (χ0v) is 13.2. The van der Waals surface area contributed by atoms with Crippen molar-refractivity contribution in [2.24, 2.45) is 0 Å². The lowest BCUT2D eigenvalue weighted by Gasteiger charge is -2.07. The smallest absolute Gasteiger partial charge is 0.0487 e. The Morgan fingerprint density at radius 1 is 1.30 bits per heavy atom. The summed E-state index contributed by atoms with van der Waals surface area (Å²) in [6.07, 6.45) is 4.67. The van der Waals surface area contributed by atoms with Crippen molar-refractivity contribution < 1.29 is 0 Å². The van der Waals surface area contributed by atoms with Crippen LogP contribution in [0.3, 0.4) is 0 Å². The first-order valence-corrected chi connectivity index (χ1v) is 7.33. The predicted octanol–water partition coefficient (Wildman–Crippen LogP) is 4.05. The van der Waals surface area contributed by atoms with E-state index in [0.29, 0.717) is 0 Å². The van der Waals surface area contributed by atoms with Gasteiger partial charge in [-0.3, -0.25) is 0 Å². The first kappa shape index (κ1) is 16.3. The molecule has 0 fully saturated rings. The highest BCUT2D eigenvalue weighted by molar-refractivity contribution is 6.32. The summed E-state index contributed by atoms with van der Waals surface area (Å²) in [6.45, 7) is 14.0. The Morgan fingerprint density at radius 2 is 2.00 bits per heavy atom. The van der Waals surface area contributed by atoms with Gasteiger partial charge in [-0.2, -0.15) is 0 Å². The molecule has 0 aliphatic carbocycles. The van der Waals surface area contributed by atoms with Crippen molar-refractivity contribution in [3.8, 4) is 0 Å². The molecule has 20 heavy (non-hydrogen) atoms. The van der Waals surface area contributed by atoms with Crippen LogP contribution in [-0.4, -0.2) is 4.98 Å². The number of aryl methyl sites for hydroxylation is 1. The van der Waals surface area contributed by atoms with Gasteiger partial charge in [-0.1, -0.05) is 63.7 Å². The SMILES string of the molecule is C=C/C(c1ccc(CC)cc1Cl)=c1/cc[nH]c1=C.CC. The second kappa shape index (κ2) is 7.76.